The van der Waals surface area contributed by atoms with Gasteiger partial charge in [-0.05, 0) is 36.1 Å². The number of ether oxygens (including phenoxy) is 1. The Bertz CT molecular complexity index is 882. The first-order chi connectivity index (χ1) is 13.6. The molecule has 0 unspecified atom stereocenters. The van der Waals surface area contributed by atoms with Gasteiger partial charge in [-0.25, -0.2) is 4.39 Å². The van der Waals surface area contributed by atoms with Gasteiger partial charge in [-0.2, -0.15) is 0 Å². The van der Waals surface area contributed by atoms with Crippen molar-refractivity contribution in [2.75, 3.05) is 19.7 Å². The number of rotatable bonds is 9. The summed E-state index contributed by atoms with van der Waals surface area (Å²) in [6.07, 6.45) is 0. The van der Waals surface area contributed by atoms with Crippen LogP contribution in [0.4, 0.5) is 4.39 Å². The Kier molecular flexibility index (Phi) is 7.17. The van der Waals surface area contributed by atoms with E-state index in [1.165, 1.54) is 11.6 Å². The topological polar surface area (TPSA) is 50.4 Å². The smallest absolute Gasteiger partial charge is 0.234 e. The molecule has 0 bridgehead atoms. The van der Waals surface area contributed by atoms with Crippen LogP contribution in [-0.4, -0.2) is 25.6 Å². The van der Waals surface area contributed by atoms with E-state index in [9.17, 15) is 9.18 Å². The van der Waals surface area contributed by atoms with Crippen molar-refractivity contribution in [1.29, 1.82) is 0 Å². The zero-order chi connectivity index (χ0) is 19.8. The molecule has 0 aliphatic carbocycles. The van der Waals surface area contributed by atoms with Gasteiger partial charge in [0.05, 0.1) is 12.6 Å². The zero-order valence-corrected chi connectivity index (χ0v) is 16.5. The number of amides is 1. The van der Waals surface area contributed by atoms with Crippen molar-refractivity contribution >= 4 is 17.2 Å². The maximum atomic E-state index is 13.5. The molecule has 3 aromatic rings. The predicted molar refractivity (Wildman–Crippen MR) is 110 cm³/mol. The zero-order valence-electron chi connectivity index (χ0n) is 15.7. The fraction of sp³-hybridized carbons (Fsp3) is 0.227. The van der Waals surface area contributed by atoms with Crippen molar-refractivity contribution in [3.63, 3.8) is 0 Å². The highest BCUT2D eigenvalue weighted by Crippen LogP contribution is 2.26. The lowest BCUT2D eigenvalue weighted by molar-refractivity contribution is -0.120. The highest BCUT2D eigenvalue weighted by atomic mass is 32.1. The lowest BCUT2D eigenvalue weighted by Crippen LogP contribution is -2.37. The van der Waals surface area contributed by atoms with Crippen molar-refractivity contribution in [3.8, 4) is 5.75 Å². The Morgan fingerprint density at radius 3 is 2.61 bits per heavy atom. The summed E-state index contributed by atoms with van der Waals surface area (Å²) in [5.41, 5.74) is 2.22. The minimum absolute atomic E-state index is 0.107. The van der Waals surface area contributed by atoms with Gasteiger partial charge in [0.15, 0.2) is 11.6 Å². The third-order valence-electron chi connectivity index (χ3n) is 4.20. The van der Waals surface area contributed by atoms with Crippen LogP contribution in [0.3, 0.4) is 0 Å². The van der Waals surface area contributed by atoms with E-state index in [1.807, 2.05) is 48.7 Å². The lowest BCUT2D eigenvalue weighted by atomic mass is 10.0. The molecule has 2 aromatic carbocycles. The maximum absolute atomic E-state index is 13.5. The number of halogens is 1. The number of hydrogen-bond donors (Lipinski definition) is 2. The van der Waals surface area contributed by atoms with Gasteiger partial charge in [0, 0.05) is 11.4 Å². The minimum Gasteiger partial charge on any atom is -0.489 e. The van der Waals surface area contributed by atoms with Crippen LogP contribution in [0.15, 0.2) is 66.0 Å². The molecule has 0 radical (unpaired) electrons. The van der Waals surface area contributed by atoms with Gasteiger partial charge in [0.2, 0.25) is 5.91 Å². The molecule has 0 saturated carbocycles. The van der Waals surface area contributed by atoms with Gasteiger partial charge in [-0.3, -0.25) is 4.79 Å². The molecule has 1 aromatic heterocycles. The van der Waals surface area contributed by atoms with Crippen molar-refractivity contribution < 1.29 is 13.9 Å². The van der Waals surface area contributed by atoms with E-state index >= 15 is 0 Å². The number of hydrogen-bond acceptors (Lipinski definition) is 4. The Morgan fingerprint density at radius 1 is 1.11 bits per heavy atom. The molecule has 28 heavy (non-hydrogen) atoms. The van der Waals surface area contributed by atoms with Gasteiger partial charge in [0.25, 0.3) is 0 Å². The number of carbonyl (C=O) groups excluding carboxylic acids is 1. The van der Waals surface area contributed by atoms with Crippen molar-refractivity contribution in [3.05, 3.63) is 87.9 Å². The van der Waals surface area contributed by atoms with Crippen molar-refractivity contribution in [1.82, 2.24) is 10.6 Å². The van der Waals surface area contributed by atoms with E-state index in [0.717, 1.165) is 10.4 Å². The SMILES string of the molecule is Cc1ccc([C@H](NC(=O)CNCCOc2ccccc2F)c2cccs2)cc1. The molecule has 1 atom stereocenters. The van der Waals surface area contributed by atoms with Gasteiger partial charge in [0.1, 0.15) is 6.61 Å². The van der Waals surface area contributed by atoms with Gasteiger partial charge in [-0.1, -0.05) is 48.0 Å². The van der Waals surface area contributed by atoms with Crippen LogP contribution in [0, 0.1) is 12.7 Å². The summed E-state index contributed by atoms with van der Waals surface area (Å²) in [4.78, 5) is 13.5. The van der Waals surface area contributed by atoms with Crippen molar-refractivity contribution in [2.45, 2.75) is 13.0 Å². The predicted octanol–water partition coefficient (Wildman–Crippen LogP) is 4.07. The average molecular weight is 399 g/mol. The Labute approximate surface area is 168 Å². The maximum Gasteiger partial charge on any atom is 0.234 e. The van der Waals surface area contributed by atoms with Gasteiger partial charge >= 0.3 is 0 Å². The highest BCUT2D eigenvalue weighted by molar-refractivity contribution is 7.10. The van der Waals surface area contributed by atoms with Crippen molar-refractivity contribution in [2.24, 2.45) is 0 Å². The normalized spacial score (nSPS) is 11.8. The van der Waals surface area contributed by atoms with Crippen LogP contribution in [-0.2, 0) is 4.79 Å². The van der Waals surface area contributed by atoms with Crippen LogP contribution in [0.2, 0.25) is 0 Å². The number of benzene rings is 2. The van der Waals surface area contributed by atoms with Crippen LogP contribution in [0.5, 0.6) is 5.75 Å². The number of nitrogens with one attached hydrogen (secondary N) is 2. The molecule has 146 valence electrons. The summed E-state index contributed by atoms with van der Waals surface area (Å²) in [5.74, 6) is -0.284. The summed E-state index contributed by atoms with van der Waals surface area (Å²) in [6, 6.07) is 18.2. The molecule has 2 N–H and O–H groups in total. The molecule has 0 saturated heterocycles. The number of para-hydroxylation sites is 1. The standard InChI is InChI=1S/C22H23FN2O2S/c1-16-8-10-17(11-9-16)22(20-7-4-14-28-20)25-21(26)15-24-12-13-27-19-6-3-2-5-18(19)23/h2-11,14,22,24H,12-13,15H2,1H3,(H,25,26)/t22-/m0/s1. The van der Waals surface area contributed by atoms with Crippen LogP contribution in [0.25, 0.3) is 0 Å². The quantitative estimate of drug-likeness (QED) is 0.534. The van der Waals surface area contributed by atoms with Crippen LogP contribution in [0.1, 0.15) is 22.0 Å². The molecule has 0 fully saturated rings. The first-order valence-corrected chi connectivity index (χ1v) is 9.99. The van der Waals surface area contributed by atoms with E-state index in [-0.39, 0.29) is 30.9 Å². The summed E-state index contributed by atoms with van der Waals surface area (Å²) in [7, 11) is 0. The fourth-order valence-corrected chi connectivity index (χ4v) is 3.54. The van der Waals surface area contributed by atoms with Crippen LogP contribution < -0.4 is 15.4 Å². The molecule has 0 aliphatic rings. The van der Waals surface area contributed by atoms with E-state index in [2.05, 4.69) is 10.6 Å². The van der Waals surface area contributed by atoms with E-state index in [1.54, 1.807) is 29.5 Å². The number of carbonyl (C=O) groups is 1. The largest absolute Gasteiger partial charge is 0.489 e. The molecule has 4 nitrogen and oxygen atoms in total. The third kappa shape index (κ3) is 5.65. The molecule has 0 spiro atoms. The summed E-state index contributed by atoms with van der Waals surface area (Å²) in [6.45, 7) is 2.92. The van der Waals surface area contributed by atoms with Crippen LogP contribution >= 0.6 is 11.3 Å². The second-order valence-corrected chi connectivity index (χ2v) is 7.36. The van der Waals surface area contributed by atoms with Gasteiger partial charge in [-0.15, -0.1) is 11.3 Å². The molecule has 1 heterocycles. The average Bonchev–Trinajstić information content (AvgIpc) is 3.22. The molecule has 1 amide bonds. The van der Waals surface area contributed by atoms with E-state index < -0.39 is 5.82 Å². The summed E-state index contributed by atoms with van der Waals surface area (Å²) >= 11 is 1.61. The first kappa shape index (κ1) is 20.0. The first-order valence-electron chi connectivity index (χ1n) is 9.11. The Balaban J connectivity index is 1.49. The Morgan fingerprint density at radius 2 is 1.89 bits per heavy atom. The lowest BCUT2D eigenvalue weighted by Gasteiger charge is -2.18. The minimum atomic E-state index is -0.392. The molecular formula is C22H23FN2O2S. The third-order valence-corrected chi connectivity index (χ3v) is 5.14. The molecular weight excluding hydrogens is 375 g/mol. The summed E-state index contributed by atoms with van der Waals surface area (Å²) < 4.78 is 18.9. The second kappa shape index (κ2) is 10.0. The van der Waals surface area contributed by atoms with Gasteiger partial charge < -0.3 is 15.4 Å². The number of aryl methyl sites for hydroxylation is 1. The number of thiophene rings is 1. The fourth-order valence-electron chi connectivity index (χ4n) is 2.74. The van der Waals surface area contributed by atoms with E-state index in [0.29, 0.717) is 6.54 Å². The second-order valence-electron chi connectivity index (χ2n) is 6.38. The molecule has 3 rings (SSSR count). The highest BCUT2D eigenvalue weighted by Gasteiger charge is 2.17. The monoisotopic (exact) mass is 398 g/mol. The van der Waals surface area contributed by atoms with E-state index in [4.69, 9.17) is 4.74 Å². The summed E-state index contributed by atoms with van der Waals surface area (Å²) in [5, 5.41) is 8.11. The Hall–Kier alpha value is -2.70. The molecule has 0 aliphatic heterocycles. The molecule has 6 heteroatoms.